The van der Waals surface area contributed by atoms with E-state index in [0.717, 1.165) is 64.2 Å². The number of ether oxygens (including phenoxy) is 2. The zero-order valence-electron chi connectivity index (χ0n) is 36.2. The Hall–Kier alpha value is -1.63. The van der Waals surface area contributed by atoms with Gasteiger partial charge in [0.1, 0.15) is 0 Å². The molecule has 0 saturated carbocycles. The topological polar surface area (TPSA) is 84.9 Å². The van der Waals surface area contributed by atoms with Gasteiger partial charge in [-0.15, -0.1) is 0 Å². The van der Waals surface area contributed by atoms with Crippen molar-refractivity contribution in [2.24, 2.45) is 35.5 Å². The first kappa shape index (κ1) is 50.4. The highest BCUT2D eigenvalue weighted by Gasteiger charge is 2.18. The van der Waals surface area contributed by atoms with Gasteiger partial charge in [0, 0.05) is 18.9 Å². The molecule has 0 rings (SSSR count). The first-order valence-electron chi connectivity index (χ1n) is 22.0. The normalized spacial score (nSPS) is 13.7. The highest BCUT2D eigenvalue weighted by atomic mass is 16.5. The number of hydrogen-bond acceptors (Lipinski definition) is 6. The van der Waals surface area contributed by atoms with E-state index in [-0.39, 0.29) is 23.9 Å². The van der Waals surface area contributed by atoms with Crippen molar-refractivity contribution >= 4 is 17.8 Å². The molecule has 0 aliphatic carbocycles. The summed E-state index contributed by atoms with van der Waals surface area (Å²) in [5.41, 5.74) is 0. The van der Waals surface area contributed by atoms with Crippen molar-refractivity contribution in [2.45, 2.75) is 203 Å². The molecule has 0 aromatic heterocycles. The lowest BCUT2D eigenvalue weighted by atomic mass is 9.89. The van der Waals surface area contributed by atoms with Crippen LogP contribution in [0.25, 0.3) is 0 Å². The average Bonchev–Trinajstić information content (AvgIpc) is 3.05. The van der Waals surface area contributed by atoms with Crippen LogP contribution in [0.4, 0.5) is 0 Å². The summed E-state index contributed by atoms with van der Waals surface area (Å²) >= 11 is 0. The van der Waals surface area contributed by atoms with Crippen molar-refractivity contribution in [1.29, 1.82) is 0 Å². The maximum atomic E-state index is 12.5. The zero-order chi connectivity index (χ0) is 39.1. The van der Waals surface area contributed by atoms with Crippen molar-refractivity contribution in [2.75, 3.05) is 33.9 Å². The van der Waals surface area contributed by atoms with Crippen LogP contribution in [0.1, 0.15) is 197 Å². The predicted octanol–water partition coefficient (Wildman–Crippen LogP) is 11.6. The van der Waals surface area contributed by atoms with Crippen LogP contribution < -0.4 is 5.32 Å². The molecule has 0 aromatic carbocycles. The molecule has 52 heavy (non-hydrogen) atoms. The van der Waals surface area contributed by atoms with E-state index in [0.29, 0.717) is 68.1 Å². The Bertz CT molecular complexity index is 814. The minimum absolute atomic E-state index is 0.0329. The van der Waals surface area contributed by atoms with Gasteiger partial charge < -0.3 is 19.7 Å². The highest BCUT2D eigenvalue weighted by molar-refractivity contribution is 5.78. The van der Waals surface area contributed by atoms with Crippen LogP contribution in [0.5, 0.6) is 0 Å². The molecule has 2 unspecified atom stereocenters. The van der Waals surface area contributed by atoms with Gasteiger partial charge in [0.15, 0.2) is 0 Å². The number of esters is 2. The number of amides is 1. The molecule has 7 heteroatoms. The summed E-state index contributed by atoms with van der Waals surface area (Å²) in [5.74, 6) is 3.45. The van der Waals surface area contributed by atoms with Crippen LogP contribution in [0.15, 0.2) is 0 Å². The molecular weight excluding hydrogens is 649 g/mol. The average molecular weight is 737 g/mol. The van der Waals surface area contributed by atoms with Crippen LogP contribution in [0.3, 0.4) is 0 Å². The number of unbranched alkanes of at least 4 members (excludes halogenated alkanes) is 12. The van der Waals surface area contributed by atoms with Crippen LogP contribution in [-0.2, 0) is 23.9 Å². The Morgan fingerprint density at radius 1 is 0.481 bits per heavy atom. The Morgan fingerprint density at radius 2 is 0.827 bits per heavy atom. The molecule has 0 bridgehead atoms. The molecule has 0 aliphatic rings. The first-order chi connectivity index (χ1) is 24.7. The molecule has 2 atom stereocenters. The fourth-order valence-electron chi connectivity index (χ4n) is 6.79. The molecule has 0 aliphatic heterocycles. The highest BCUT2D eigenvalue weighted by Crippen LogP contribution is 2.22. The number of carbonyl (C=O) groups is 3. The largest absolute Gasteiger partial charge is 0.465 e. The number of nitrogens with one attached hydrogen (secondary N) is 1. The van der Waals surface area contributed by atoms with E-state index >= 15 is 0 Å². The van der Waals surface area contributed by atoms with Gasteiger partial charge >= 0.3 is 11.9 Å². The van der Waals surface area contributed by atoms with E-state index in [1.54, 1.807) is 0 Å². The summed E-state index contributed by atoms with van der Waals surface area (Å²) in [4.78, 5) is 39.0. The zero-order valence-corrected chi connectivity index (χ0v) is 36.2. The Balaban J connectivity index is 4.12. The molecule has 0 radical (unpaired) electrons. The second-order valence-corrected chi connectivity index (χ2v) is 17.8. The molecule has 0 aromatic rings. The van der Waals surface area contributed by atoms with Gasteiger partial charge in [0.25, 0.3) is 0 Å². The molecule has 1 amide bonds. The molecular formula is C45H88N2O5. The third-order valence-electron chi connectivity index (χ3n) is 10.7. The number of likely N-dealkylation sites (N-methyl/N-ethyl adjacent to an activating group) is 1. The fraction of sp³-hybridized carbons (Fsp3) is 0.933. The summed E-state index contributed by atoms with van der Waals surface area (Å²) in [6, 6.07) is 0.255. The standard InChI is InChI=1S/C45H88N2O5/c1-36(2)29-31-40(38(5)6)34-51-44(49)27-23-19-15-11-13-17-21-25-42(46-43(48)33-47(9)10)26-22-18-14-12-16-20-24-28-45(50)52-35-41(39(7)8)32-30-37(3)4/h36-42H,11-35H2,1-10H3,(H,46,48). The third-order valence-corrected chi connectivity index (χ3v) is 10.7. The molecule has 0 fully saturated rings. The lowest BCUT2D eigenvalue weighted by molar-refractivity contribution is -0.146. The summed E-state index contributed by atoms with van der Waals surface area (Å²) in [5, 5.41) is 3.31. The van der Waals surface area contributed by atoms with Gasteiger partial charge in [-0.25, -0.2) is 0 Å². The van der Waals surface area contributed by atoms with Gasteiger partial charge in [0.2, 0.25) is 5.91 Å². The third kappa shape index (κ3) is 31.9. The van der Waals surface area contributed by atoms with Gasteiger partial charge in [0.05, 0.1) is 19.8 Å². The van der Waals surface area contributed by atoms with Gasteiger partial charge in [-0.3, -0.25) is 14.4 Å². The summed E-state index contributed by atoms with van der Waals surface area (Å²) < 4.78 is 11.3. The van der Waals surface area contributed by atoms with Gasteiger partial charge in [-0.2, -0.15) is 0 Å². The second-order valence-electron chi connectivity index (χ2n) is 17.8. The van der Waals surface area contributed by atoms with Crippen molar-refractivity contribution in [3.63, 3.8) is 0 Å². The van der Waals surface area contributed by atoms with Crippen LogP contribution >= 0.6 is 0 Å². The monoisotopic (exact) mass is 737 g/mol. The van der Waals surface area contributed by atoms with Crippen molar-refractivity contribution in [1.82, 2.24) is 10.2 Å². The molecule has 7 nitrogen and oxygen atoms in total. The van der Waals surface area contributed by atoms with Crippen LogP contribution in [0, 0.1) is 35.5 Å². The molecule has 0 saturated heterocycles. The van der Waals surface area contributed by atoms with E-state index < -0.39 is 0 Å². The van der Waals surface area contributed by atoms with E-state index in [2.05, 4.69) is 60.7 Å². The minimum Gasteiger partial charge on any atom is -0.465 e. The number of nitrogens with zero attached hydrogens (tertiary/aromatic N) is 1. The Labute approximate surface area is 323 Å². The quantitative estimate of drug-likeness (QED) is 0.0515. The molecule has 0 heterocycles. The Morgan fingerprint density at radius 3 is 1.15 bits per heavy atom. The lowest BCUT2D eigenvalue weighted by Crippen LogP contribution is -2.40. The summed E-state index contributed by atoms with van der Waals surface area (Å²) in [7, 11) is 3.88. The first-order valence-corrected chi connectivity index (χ1v) is 22.0. The SMILES string of the molecule is CC(C)CCC(COC(=O)CCCCCCCCCC(CCCCCCCCCC(=O)OCC(CCC(C)C)C(C)C)NC(=O)CN(C)C)C(C)C. The van der Waals surface area contributed by atoms with E-state index in [1.165, 1.54) is 64.2 Å². The van der Waals surface area contributed by atoms with Crippen molar-refractivity contribution < 1.29 is 23.9 Å². The lowest BCUT2D eigenvalue weighted by Gasteiger charge is -2.21. The second kappa shape index (κ2) is 32.8. The van der Waals surface area contributed by atoms with Crippen molar-refractivity contribution in [3.05, 3.63) is 0 Å². The maximum Gasteiger partial charge on any atom is 0.305 e. The number of hydrogen-bond donors (Lipinski definition) is 1. The predicted molar refractivity (Wildman–Crippen MR) is 220 cm³/mol. The van der Waals surface area contributed by atoms with E-state index in [9.17, 15) is 14.4 Å². The van der Waals surface area contributed by atoms with E-state index in [1.807, 2.05) is 19.0 Å². The Kier molecular flexibility index (Phi) is 31.7. The van der Waals surface area contributed by atoms with Crippen LogP contribution in [0.2, 0.25) is 0 Å². The fourth-order valence-corrected chi connectivity index (χ4v) is 6.79. The number of rotatable bonds is 35. The maximum absolute atomic E-state index is 12.5. The van der Waals surface area contributed by atoms with E-state index in [4.69, 9.17) is 9.47 Å². The summed E-state index contributed by atoms with van der Waals surface area (Å²) in [6.45, 7) is 19.5. The molecule has 1 N–H and O–H groups in total. The number of carbonyl (C=O) groups excluding carboxylic acids is 3. The van der Waals surface area contributed by atoms with Crippen molar-refractivity contribution in [3.8, 4) is 0 Å². The molecule has 308 valence electrons. The molecule has 0 spiro atoms. The van der Waals surface area contributed by atoms with Crippen LogP contribution in [-0.4, -0.2) is 62.6 Å². The smallest absolute Gasteiger partial charge is 0.305 e. The van der Waals surface area contributed by atoms with Gasteiger partial charge in [-0.1, -0.05) is 145 Å². The van der Waals surface area contributed by atoms with Gasteiger partial charge in [-0.05, 0) is 88.1 Å². The summed E-state index contributed by atoms with van der Waals surface area (Å²) in [6.07, 6.45) is 23.7. The minimum atomic E-state index is -0.0329.